The lowest BCUT2D eigenvalue weighted by atomic mass is 10.00. The topological polar surface area (TPSA) is 81.0 Å². The minimum atomic E-state index is -0.148. The molecule has 0 spiro atoms. The van der Waals surface area contributed by atoms with E-state index in [1.165, 1.54) is 6.07 Å². The second kappa shape index (κ2) is 5.58. The molecule has 1 N–H and O–H groups in total. The molecule has 0 radical (unpaired) electrons. The second-order valence-electron chi connectivity index (χ2n) is 4.96. The molecule has 6 heteroatoms. The smallest absolute Gasteiger partial charge is 0.258 e. The van der Waals surface area contributed by atoms with Gasteiger partial charge >= 0.3 is 0 Å². The molecular formula is C14H17N3O3. The summed E-state index contributed by atoms with van der Waals surface area (Å²) in [5.41, 5.74) is 1.39. The maximum absolute atomic E-state index is 11.6. The predicted octanol–water partition coefficient (Wildman–Crippen LogP) is 1.88. The molecule has 1 saturated heterocycles. The van der Waals surface area contributed by atoms with Crippen molar-refractivity contribution in [3.63, 3.8) is 0 Å². The summed E-state index contributed by atoms with van der Waals surface area (Å²) in [7, 11) is 0. The van der Waals surface area contributed by atoms with Gasteiger partial charge in [0.15, 0.2) is 5.82 Å². The number of rotatable bonds is 3. The van der Waals surface area contributed by atoms with Crippen LogP contribution in [0.5, 0.6) is 0 Å². The highest BCUT2D eigenvalue weighted by atomic mass is 16.5. The number of nitrogens with one attached hydrogen (secondary N) is 1. The van der Waals surface area contributed by atoms with Gasteiger partial charge in [0, 0.05) is 36.5 Å². The molecule has 0 unspecified atom stereocenters. The molecule has 2 aromatic rings. The summed E-state index contributed by atoms with van der Waals surface area (Å²) >= 11 is 0. The van der Waals surface area contributed by atoms with E-state index in [1.54, 1.807) is 0 Å². The Balaban J connectivity index is 1.89. The van der Waals surface area contributed by atoms with E-state index in [1.807, 2.05) is 13.0 Å². The molecular weight excluding hydrogens is 258 g/mol. The molecule has 0 atom stereocenters. The van der Waals surface area contributed by atoms with Crippen LogP contribution in [-0.2, 0) is 11.2 Å². The zero-order valence-corrected chi connectivity index (χ0v) is 11.4. The van der Waals surface area contributed by atoms with Gasteiger partial charge in [0.1, 0.15) is 0 Å². The van der Waals surface area contributed by atoms with Crippen LogP contribution in [0.1, 0.15) is 37.2 Å². The lowest BCUT2D eigenvalue weighted by Gasteiger charge is -2.18. The van der Waals surface area contributed by atoms with E-state index in [0.717, 1.165) is 38.2 Å². The molecule has 1 fully saturated rings. The van der Waals surface area contributed by atoms with Gasteiger partial charge < -0.3 is 14.2 Å². The van der Waals surface area contributed by atoms with Crippen molar-refractivity contribution in [1.82, 2.24) is 15.1 Å². The van der Waals surface area contributed by atoms with E-state index in [-0.39, 0.29) is 11.5 Å². The molecule has 106 valence electrons. The fourth-order valence-corrected chi connectivity index (χ4v) is 2.39. The van der Waals surface area contributed by atoms with Crippen molar-refractivity contribution in [2.75, 3.05) is 13.2 Å². The summed E-state index contributed by atoms with van der Waals surface area (Å²) in [6.45, 7) is 3.45. The van der Waals surface area contributed by atoms with Crippen molar-refractivity contribution in [2.45, 2.75) is 32.1 Å². The van der Waals surface area contributed by atoms with Gasteiger partial charge in [-0.3, -0.25) is 4.79 Å². The number of nitrogens with zero attached hydrogens (tertiary/aromatic N) is 2. The molecule has 6 nitrogen and oxygen atoms in total. The summed E-state index contributed by atoms with van der Waals surface area (Å²) in [4.78, 5) is 18.8. The summed E-state index contributed by atoms with van der Waals surface area (Å²) < 4.78 is 10.6. The highest BCUT2D eigenvalue weighted by Crippen LogP contribution is 2.26. The van der Waals surface area contributed by atoms with Crippen molar-refractivity contribution in [3.8, 4) is 11.5 Å². The Labute approximate surface area is 116 Å². The number of hydrogen-bond acceptors (Lipinski definition) is 5. The van der Waals surface area contributed by atoms with Crippen LogP contribution in [0.3, 0.4) is 0 Å². The van der Waals surface area contributed by atoms with E-state index in [0.29, 0.717) is 17.3 Å². The molecule has 0 aliphatic carbocycles. The van der Waals surface area contributed by atoms with Gasteiger partial charge in [-0.25, -0.2) is 0 Å². The summed E-state index contributed by atoms with van der Waals surface area (Å²) in [5, 5.41) is 4.05. The SMILES string of the molecule is CCc1cc(-c2nc(C3CCOCC3)no2)cc(=O)[nH]1. The van der Waals surface area contributed by atoms with E-state index in [2.05, 4.69) is 15.1 Å². The molecule has 2 aromatic heterocycles. The largest absolute Gasteiger partial charge is 0.381 e. The van der Waals surface area contributed by atoms with Gasteiger partial charge in [-0.1, -0.05) is 12.1 Å². The Bertz CT molecular complexity index is 641. The van der Waals surface area contributed by atoms with Crippen molar-refractivity contribution < 1.29 is 9.26 Å². The third kappa shape index (κ3) is 2.65. The first-order chi connectivity index (χ1) is 9.76. The van der Waals surface area contributed by atoms with Crippen LogP contribution >= 0.6 is 0 Å². The molecule has 0 bridgehead atoms. The van der Waals surface area contributed by atoms with Crippen molar-refractivity contribution in [2.24, 2.45) is 0 Å². The van der Waals surface area contributed by atoms with Gasteiger partial charge in [-0.15, -0.1) is 0 Å². The van der Waals surface area contributed by atoms with Crippen LogP contribution in [-0.4, -0.2) is 28.3 Å². The predicted molar refractivity (Wildman–Crippen MR) is 72.5 cm³/mol. The lowest BCUT2D eigenvalue weighted by molar-refractivity contribution is 0.0830. The average molecular weight is 275 g/mol. The zero-order chi connectivity index (χ0) is 13.9. The van der Waals surface area contributed by atoms with Crippen LogP contribution in [0, 0.1) is 0 Å². The Morgan fingerprint density at radius 3 is 2.90 bits per heavy atom. The number of aromatic nitrogens is 3. The molecule has 3 heterocycles. The van der Waals surface area contributed by atoms with Gasteiger partial charge in [0.25, 0.3) is 5.89 Å². The van der Waals surface area contributed by atoms with Crippen LogP contribution in [0.4, 0.5) is 0 Å². The Hall–Kier alpha value is -1.95. The van der Waals surface area contributed by atoms with Crippen LogP contribution < -0.4 is 5.56 Å². The number of ether oxygens (including phenoxy) is 1. The number of hydrogen-bond donors (Lipinski definition) is 1. The van der Waals surface area contributed by atoms with E-state index < -0.39 is 0 Å². The van der Waals surface area contributed by atoms with Crippen molar-refractivity contribution >= 4 is 0 Å². The minimum absolute atomic E-state index is 0.148. The monoisotopic (exact) mass is 275 g/mol. The third-order valence-electron chi connectivity index (χ3n) is 3.56. The first-order valence-corrected chi connectivity index (χ1v) is 6.91. The van der Waals surface area contributed by atoms with Crippen molar-refractivity contribution in [3.05, 3.63) is 34.0 Å². The zero-order valence-electron chi connectivity index (χ0n) is 11.4. The quantitative estimate of drug-likeness (QED) is 0.925. The molecule has 1 aliphatic heterocycles. The fourth-order valence-electron chi connectivity index (χ4n) is 2.39. The van der Waals surface area contributed by atoms with Crippen molar-refractivity contribution in [1.29, 1.82) is 0 Å². The first-order valence-electron chi connectivity index (χ1n) is 6.91. The normalized spacial score (nSPS) is 16.4. The number of pyridine rings is 1. The van der Waals surface area contributed by atoms with Crippen LogP contribution in [0.25, 0.3) is 11.5 Å². The highest BCUT2D eigenvalue weighted by molar-refractivity contribution is 5.52. The summed E-state index contributed by atoms with van der Waals surface area (Å²) in [5.74, 6) is 1.41. The fraction of sp³-hybridized carbons (Fsp3) is 0.500. The third-order valence-corrected chi connectivity index (χ3v) is 3.56. The number of aryl methyl sites for hydroxylation is 1. The Morgan fingerprint density at radius 2 is 2.15 bits per heavy atom. The van der Waals surface area contributed by atoms with Gasteiger partial charge in [0.2, 0.25) is 5.56 Å². The second-order valence-corrected chi connectivity index (χ2v) is 4.96. The van der Waals surface area contributed by atoms with Gasteiger partial charge in [0.05, 0.1) is 0 Å². The minimum Gasteiger partial charge on any atom is -0.381 e. The summed E-state index contributed by atoms with van der Waals surface area (Å²) in [6, 6.07) is 3.36. The maximum atomic E-state index is 11.6. The number of aromatic amines is 1. The molecule has 0 amide bonds. The van der Waals surface area contributed by atoms with E-state index in [4.69, 9.17) is 9.26 Å². The van der Waals surface area contributed by atoms with E-state index >= 15 is 0 Å². The maximum Gasteiger partial charge on any atom is 0.258 e. The molecule has 3 rings (SSSR count). The molecule has 1 aliphatic rings. The number of H-pyrrole nitrogens is 1. The van der Waals surface area contributed by atoms with Crippen LogP contribution in [0.15, 0.2) is 21.5 Å². The van der Waals surface area contributed by atoms with Crippen LogP contribution in [0.2, 0.25) is 0 Å². The van der Waals surface area contributed by atoms with Gasteiger partial charge in [-0.2, -0.15) is 4.98 Å². The Kier molecular flexibility index (Phi) is 3.64. The lowest BCUT2D eigenvalue weighted by Crippen LogP contribution is -2.15. The average Bonchev–Trinajstić information content (AvgIpc) is 2.97. The first kappa shape index (κ1) is 13.1. The summed E-state index contributed by atoms with van der Waals surface area (Å²) in [6.07, 6.45) is 2.58. The highest BCUT2D eigenvalue weighted by Gasteiger charge is 2.21. The Morgan fingerprint density at radius 1 is 1.35 bits per heavy atom. The van der Waals surface area contributed by atoms with E-state index in [9.17, 15) is 4.79 Å². The molecule has 0 aromatic carbocycles. The molecule has 0 saturated carbocycles. The molecule has 20 heavy (non-hydrogen) atoms. The standard InChI is InChI=1S/C14H17N3O3/c1-2-11-7-10(8-12(18)15-11)14-16-13(17-20-14)9-3-5-19-6-4-9/h7-9H,2-6H2,1H3,(H,15,18). The van der Waals surface area contributed by atoms with Gasteiger partial charge in [-0.05, 0) is 25.3 Å².